The van der Waals surface area contributed by atoms with Gasteiger partial charge in [-0.05, 0) is 31.4 Å². The van der Waals surface area contributed by atoms with Crippen molar-refractivity contribution in [3.05, 3.63) is 17.7 Å². The van der Waals surface area contributed by atoms with Gasteiger partial charge in [-0.25, -0.2) is 4.79 Å². The zero-order valence-electron chi connectivity index (χ0n) is 12.9. The molecule has 0 aromatic heterocycles. The Hall–Kier alpha value is -2.44. The Balaban J connectivity index is 1.94. The molecule has 0 radical (unpaired) electrons. The summed E-state index contributed by atoms with van der Waals surface area (Å²) in [4.78, 5) is 25.6. The third-order valence-corrected chi connectivity index (χ3v) is 4.12. The van der Waals surface area contributed by atoms with E-state index in [2.05, 4.69) is 0 Å². The molecule has 124 valence electrons. The van der Waals surface area contributed by atoms with E-state index in [0.717, 1.165) is 12.8 Å². The average molecular weight is 321 g/mol. The number of fused-ring (bicyclic) bond motifs is 1. The molecule has 1 fully saturated rings. The van der Waals surface area contributed by atoms with E-state index in [1.165, 1.54) is 12.0 Å². The number of nitrogens with zero attached hydrogens (tertiary/aromatic N) is 1. The molecule has 1 saturated heterocycles. The number of likely N-dealkylation sites (tertiary alicyclic amines) is 1. The summed E-state index contributed by atoms with van der Waals surface area (Å²) >= 11 is 0. The van der Waals surface area contributed by atoms with Gasteiger partial charge < -0.3 is 24.2 Å². The van der Waals surface area contributed by atoms with Crippen LogP contribution in [-0.4, -0.2) is 54.8 Å². The van der Waals surface area contributed by atoms with Gasteiger partial charge in [0.05, 0.1) is 7.11 Å². The fourth-order valence-electron chi connectivity index (χ4n) is 2.99. The van der Waals surface area contributed by atoms with Crippen LogP contribution in [-0.2, 0) is 4.79 Å². The molecule has 0 unspecified atom stereocenters. The normalized spacial score (nSPS) is 20.0. The van der Waals surface area contributed by atoms with E-state index in [4.69, 9.17) is 14.2 Å². The Kier molecular flexibility index (Phi) is 4.27. The lowest BCUT2D eigenvalue weighted by atomic mass is 10.0. The Labute approximate surface area is 133 Å². The molecule has 1 aromatic carbocycles. The third-order valence-electron chi connectivity index (χ3n) is 4.12. The minimum Gasteiger partial charge on any atom is -0.493 e. The molecule has 3 rings (SSSR count). The van der Waals surface area contributed by atoms with Crippen LogP contribution >= 0.6 is 0 Å². The van der Waals surface area contributed by atoms with Crippen LogP contribution in [0.2, 0.25) is 0 Å². The van der Waals surface area contributed by atoms with Crippen molar-refractivity contribution in [3.8, 4) is 17.2 Å². The number of hydrogen-bond donors (Lipinski definition) is 1. The van der Waals surface area contributed by atoms with Crippen molar-refractivity contribution in [2.75, 3.05) is 26.9 Å². The largest absolute Gasteiger partial charge is 0.493 e. The predicted octanol–water partition coefficient (Wildman–Crippen LogP) is 1.55. The van der Waals surface area contributed by atoms with Crippen molar-refractivity contribution < 1.29 is 28.9 Å². The first kappa shape index (κ1) is 15.5. The molecule has 1 atom stereocenters. The molecular formula is C16H19NO6. The summed E-state index contributed by atoms with van der Waals surface area (Å²) in [5, 5.41) is 9.33. The van der Waals surface area contributed by atoms with E-state index in [-0.39, 0.29) is 5.91 Å². The van der Waals surface area contributed by atoms with Gasteiger partial charge >= 0.3 is 5.97 Å². The van der Waals surface area contributed by atoms with Crippen molar-refractivity contribution in [1.82, 2.24) is 4.90 Å². The first-order valence-electron chi connectivity index (χ1n) is 7.63. The van der Waals surface area contributed by atoms with E-state index >= 15 is 0 Å². The van der Waals surface area contributed by atoms with Gasteiger partial charge in [0, 0.05) is 12.1 Å². The monoisotopic (exact) mass is 321 g/mol. The molecule has 1 N–H and O–H groups in total. The summed E-state index contributed by atoms with van der Waals surface area (Å²) in [6.07, 6.45) is 2.09. The second-order valence-corrected chi connectivity index (χ2v) is 5.55. The van der Waals surface area contributed by atoms with Crippen LogP contribution in [0.5, 0.6) is 17.2 Å². The highest BCUT2D eigenvalue weighted by atomic mass is 16.6. The van der Waals surface area contributed by atoms with Crippen LogP contribution in [0.15, 0.2) is 12.1 Å². The molecule has 7 nitrogen and oxygen atoms in total. The molecule has 2 aliphatic heterocycles. The van der Waals surface area contributed by atoms with Crippen LogP contribution < -0.4 is 14.2 Å². The first-order valence-corrected chi connectivity index (χ1v) is 7.63. The highest BCUT2D eigenvalue weighted by molar-refractivity contribution is 5.98. The second kappa shape index (κ2) is 6.36. The minimum absolute atomic E-state index is 0.327. The van der Waals surface area contributed by atoms with Gasteiger partial charge in [0.25, 0.3) is 5.91 Å². The quantitative estimate of drug-likeness (QED) is 0.909. The summed E-state index contributed by atoms with van der Waals surface area (Å²) in [5.74, 6) is 0.0379. The molecule has 0 saturated carbocycles. The lowest BCUT2D eigenvalue weighted by molar-refractivity contribution is -0.143. The Morgan fingerprint density at radius 1 is 1.26 bits per heavy atom. The topological polar surface area (TPSA) is 85.3 Å². The van der Waals surface area contributed by atoms with Gasteiger partial charge in [0.1, 0.15) is 19.3 Å². The molecule has 2 heterocycles. The molecular weight excluding hydrogens is 302 g/mol. The number of methoxy groups -OCH3 is 1. The van der Waals surface area contributed by atoms with Crippen LogP contribution in [0.1, 0.15) is 29.6 Å². The van der Waals surface area contributed by atoms with Crippen LogP contribution in [0.25, 0.3) is 0 Å². The number of carbonyl (C=O) groups excluding carboxylic acids is 1. The van der Waals surface area contributed by atoms with Crippen LogP contribution in [0.3, 0.4) is 0 Å². The highest BCUT2D eigenvalue weighted by Crippen LogP contribution is 2.40. The molecule has 2 aliphatic rings. The molecule has 1 amide bonds. The minimum atomic E-state index is -0.970. The molecule has 0 spiro atoms. The van der Waals surface area contributed by atoms with Crippen molar-refractivity contribution in [3.63, 3.8) is 0 Å². The average Bonchev–Trinajstić information content (AvgIpc) is 2.60. The van der Waals surface area contributed by atoms with E-state index in [0.29, 0.717) is 49.0 Å². The third kappa shape index (κ3) is 2.91. The van der Waals surface area contributed by atoms with Gasteiger partial charge in [0.2, 0.25) is 5.75 Å². The Morgan fingerprint density at radius 3 is 2.78 bits per heavy atom. The number of carboxylic acid groups (broad SMARTS) is 1. The van der Waals surface area contributed by atoms with E-state index in [9.17, 15) is 14.7 Å². The van der Waals surface area contributed by atoms with E-state index in [1.54, 1.807) is 12.1 Å². The van der Waals surface area contributed by atoms with Gasteiger partial charge in [-0.2, -0.15) is 0 Å². The number of carbonyl (C=O) groups is 2. The van der Waals surface area contributed by atoms with Gasteiger partial charge in [-0.1, -0.05) is 0 Å². The maximum atomic E-state index is 12.8. The van der Waals surface area contributed by atoms with Crippen molar-refractivity contribution >= 4 is 11.9 Å². The van der Waals surface area contributed by atoms with Crippen LogP contribution in [0, 0.1) is 0 Å². The maximum absolute atomic E-state index is 12.8. The van der Waals surface area contributed by atoms with Gasteiger partial charge in [-0.3, -0.25) is 4.79 Å². The van der Waals surface area contributed by atoms with Gasteiger partial charge in [0.15, 0.2) is 11.5 Å². The number of carboxylic acids is 1. The number of benzene rings is 1. The lowest BCUT2D eigenvalue weighted by Crippen LogP contribution is -2.48. The fraction of sp³-hybridized carbons (Fsp3) is 0.500. The SMILES string of the molecule is COc1cc(C(=O)N2CCCC[C@@H]2C(=O)O)cc2c1OCCO2. The van der Waals surface area contributed by atoms with E-state index in [1.807, 2.05) is 0 Å². The van der Waals surface area contributed by atoms with Gasteiger partial charge in [-0.15, -0.1) is 0 Å². The fourth-order valence-corrected chi connectivity index (χ4v) is 2.99. The van der Waals surface area contributed by atoms with Crippen molar-refractivity contribution in [2.45, 2.75) is 25.3 Å². The number of hydrogen-bond acceptors (Lipinski definition) is 5. The summed E-state index contributed by atoms with van der Waals surface area (Å²) in [6, 6.07) is 2.38. The zero-order valence-corrected chi connectivity index (χ0v) is 12.9. The summed E-state index contributed by atoms with van der Waals surface area (Å²) in [5.41, 5.74) is 0.347. The predicted molar refractivity (Wildman–Crippen MR) is 80.3 cm³/mol. The molecule has 23 heavy (non-hydrogen) atoms. The maximum Gasteiger partial charge on any atom is 0.326 e. The summed E-state index contributed by atoms with van der Waals surface area (Å²) in [7, 11) is 1.49. The molecule has 0 aliphatic carbocycles. The summed E-state index contributed by atoms with van der Waals surface area (Å²) in [6.45, 7) is 1.26. The standard InChI is InChI=1S/C16H19NO6/c1-21-12-8-10(9-13-14(12)23-7-6-22-13)15(18)17-5-3-2-4-11(17)16(19)20/h8-9,11H,2-7H2,1H3,(H,19,20)/t11-/m1/s1. The number of aliphatic carboxylic acids is 1. The molecule has 1 aromatic rings. The number of ether oxygens (including phenoxy) is 3. The molecule has 7 heteroatoms. The summed E-state index contributed by atoms with van der Waals surface area (Å²) < 4.78 is 16.3. The van der Waals surface area contributed by atoms with Crippen molar-refractivity contribution in [2.24, 2.45) is 0 Å². The Morgan fingerprint density at radius 2 is 2.04 bits per heavy atom. The lowest BCUT2D eigenvalue weighted by Gasteiger charge is -2.33. The highest BCUT2D eigenvalue weighted by Gasteiger charge is 2.33. The number of amides is 1. The number of piperidine rings is 1. The molecule has 0 bridgehead atoms. The van der Waals surface area contributed by atoms with E-state index < -0.39 is 12.0 Å². The zero-order chi connectivity index (χ0) is 16.4. The van der Waals surface area contributed by atoms with Crippen LogP contribution in [0.4, 0.5) is 0 Å². The second-order valence-electron chi connectivity index (χ2n) is 5.55. The van der Waals surface area contributed by atoms with Crippen molar-refractivity contribution in [1.29, 1.82) is 0 Å². The first-order chi connectivity index (χ1) is 11.1. The number of rotatable bonds is 3. The smallest absolute Gasteiger partial charge is 0.326 e. The Bertz CT molecular complexity index is 612.